The minimum atomic E-state index is -4.41. The number of hydrogen-bond donors (Lipinski definition) is 2. The second kappa shape index (κ2) is 8.23. The van der Waals surface area contributed by atoms with Gasteiger partial charge in [0.1, 0.15) is 23.6 Å². The SMILES string of the molecule is Cn1ccc(Nc2ncnc3ccc(Oc4c(CO)cccc4CC(F)(F)F)cc23)n1. The minimum absolute atomic E-state index is 0.0160. The van der Waals surface area contributed by atoms with Gasteiger partial charge < -0.3 is 15.2 Å². The number of para-hydroxylation sites is 1. The molecule has 0 amide bonds. The molecular formula is C21H18F3N5O2. The quantitative estimate of drug-likeness (QED) is 0.470. The van der Waals surface area contributed by atoms with E-state index < -0.39 is 19.2 Å². The van der Waals surface area contributed by atoms with Crippen LogP contribution in [-0.4, -0.2) is 31.0 Å². The summed E-state index contributed by atoms with van der Waals surface area (Å²) in [6.45, 7) is -0.454. The van der Waals surface area contributed by atoms with Gasteiger partial charge in [-0.15, -0.1) is 0 Å². The van der Waals surface area contributed by atoms with Crippen molar-refractivity contribution in [3.8, 4) is 11.5 Å². The lowest BCUT2D eigenvalue weighted by molar-refractivity contribution is -0.127. The molecule has 0 aliphatic rings. The van der Waals surface area contributed by atoms with Crippen LogP contribution in [-0.2, 0) is 20.1 Å². The van der Waals surface area contributed by atoms with Gasteiger partial charge in [0.2, 0.25) is 0 Å². The van der Waals surface area contributed by atoms with Crippen LogP contribution in [0.1, 0.15) is 11.1 Å². The van der Waals surface area contributed by atoms with Crippen molar-refractivity contribution in [3.05, 3.63) is 66.1 Å². The summed E-state index contributed by atoms with van der Waals surface area (Å²) in [6.07, 6.45) is -2.41. The number of nitrogens with one attached hydrogen (secondary N) is 1. The Morgan fingerprint density at radius 1 is 1.10 bits per heavy atom. The third kappa shape index (κ3) is 4.75. The summed E-state index contributed by atoms with van der Waals surface area (Å²) >= 11 is 0. The molecule has 0 saturated heterocycles. The van der Waals surface area contributed by atoms with Crippen LogP contribution < -0.4 is 10.1 Å². The summed E-state index contributed by atoms with van der Waals surface area (Å²) in [7, 11) is 1.78. The molecule has 0 fully saturated rings. The largest absolute Gasteiger partial charge is 0.457 e. The second-order valence-corrected chi connectivity index (χ2v) is 6.86. The van der Waals surface area contributed by atoms with Gasteiger partial charge in [-0.25, -0.2) is 9.97 Å². The maximum absolute atomic E-state index is 13.0. The maximum atomic E-state index is 13.0. The highest BCUT2D eigenvalue weighted by atomic mass is 19.4. The smallest absolute Gasteiger partial charge is 0.393 e. The topological polar surface area (TPSA) is 85.1 Å². The Labute approximate surface area is 175 Å². The number of fused-ring (bicyclic) bond motifs is 1. The van der Waals surface area contributed by atoms with Gasteiger partial charge in [-0.1, -0.05) is 18.2 Å². The maximum Gasteiger partial charge on any atom is 0.393 e. The summed E-state index contributed by atoms with van der Waals surface area (Å²) in [4.78, 5) is 8.46. The van der Waals surface area contributed by atoms with Crippen LogP contribution >= 0.6 is 0 Å². The van der Waals surface area contributed by atoms with Gasteiger partial charge in [0.25, 0.3) is 0 Å². The van der Waals surface area contributed by atoms with Gasteiger partial charge in [-0.05, 0) is 18.2 Å². The van der Waals surface area contributed by atoms with Crippen molar-refractivity contribution in [2.45, 2.75) is 19.2 Å². The number of aliphatic hydroxyl groups is 1. The van der Waals surface area contributed by atoms with E-state index >= 15 is 0 Å². The van der Waals surface area contributed by atoms with Gasteiger partial charge in [-0.3, -0.25) is 4.68 Å². The number of ether oxygens (including phenoxy) is 1. The molecule has 160 valence electrons. The Hall–Kier alpha value is -3.66. The molecule has 0 saturated carbocycles. The van der Waals surface area contributed by atoms with Crippen LogP contribution in [0.2, 0.25) is 0 Å². The van der Waals surface area contributed by atoms with Crippen molar-refractivity contribution in [2.24, 2.45) is 7.05 Å². The van der Waals surface area contributed by atoms with Crippen LogP contribution in [0.15, 0.2) is 55.0 Å². The molecule has 2 aromatic carbocycles. The third-order valence-corrected chi connectivity index (χ3v) is 4.53. The van der Waals surface area contributed by atoms with Gasteiger partial charge in [0.05, 0.1) is 18.5 Å². The fraction of sp³-hybridized carbons (Fsp3) is 0.190. The summed E-state index contributed by atoms with van der Waals surface area (Å²) in [5, 5.41) is 17.5. The van der Waals surface area contributed by atoms with Crippen LogP contribution in [0.25, 0.3) is 10.9 Å². The predicted octanol–water partition coefficient (Wildman–Crippen LogP) is 4.50. The lowest BCUT2D eigenvalue weighted by atomic mass is 10.1. The average Bonchev–Trinajstić information content (AvgIpc) is 3.13. The zero-order valence-electron chi connectivity index (χ0n) is 16.4. The fourth-order valence-electron chi connectivity index (χ4n) is 3.17. The number of anilines is 2. The van der Waals surface area contributed by atoms with Crippen molar-refractivity contribution in [1.29, 1.82) is 0 Å². The molecule has 0 bridgehead atoms. The number of halogens is 3. The first-order valence-electron chi connectivity index (χ1n) is 9.30. The Balaban J connectivity index is 1.72. The molecule has 4 aromatic rings. The molecule has 7 nitrogen and oxygen atoms in total. The first kappa shape index (κ1) is 20.6. The number of alkyl halides is 3. The molecule has 31 heavy (non-hydrogen) atoms. The number of rotatable bonds is 6. The monoisotopic (exact) mass is 429 g/mol. The average molecular weight is 429 g/mol. The Bertz CT molecular complexity index is 1220. The van der Waals surface area contributed by atoms with Gasteiger partial charge >= 0.3 is 6.18 Å². The molecule has 0 spiro atoms. The highest BCUT2D eigenvalue weighted by molar-refractivity contribution is 5.91. The van der Waals surface area contributed by atoms with Crippen LogP contribution in [0.4, 0.5) is 24.8 Å². The van der Waals surface area contributed by atoms with Crippen molar-refractivity contribution in [3.63, 3.8) is 0 Å². The molecule has 2 aromatic heterocycles. The van der Waals surface area contributed by atoms with E-state index in [-0.39, 0.29) is 22.6 Å². The van der Waals surface area contributed by atoms with E-state index in [0.717, 1.165) is 0 Å². The van der Waals surface area contributed by atoms with E-state index in [1.165, 1.54) is 24.5 Å². The minimum Gasteiger partial charge on any atom is -0.457 e. The van der Waals surface area contributed by atoms with Crippen molar-refractivity contribution in [2.75, 3.05) is 5.32 Å². The van der Waals surface area contributed by atoms with Crippen LogP contribution in [0, 0.1) is 0 Å². The first-order valence-corrected chi connectivity index (χ1v) is 9.30. The Morgan fingerprint density at radius 3 is 2.61 bits per heavy atom. The van der Waals surface area contributed by atoms with E-state index in [0.29, 0.717) is 22.5 Å². The Kier molecular flexibility index (Phi) is 5.47. The van der Waals surface area contributed by atoms with E-state index in [2.05, 4.69) is 20.4 Å². The molecule has 2 N–H and O–H groups in total. The molecule has 10 heteroatoms. The van der Waals surface area contributed by atoms with Crippen molar-refractivity contribution in [1.82, 2.24) is 19.7 Å². The van der Waals surface area contributed by atoms with Gasteiger partial charge in [-0.2, -0.15) is 18.3 Å². The van der Waals surface area contributed by atoms with Crippen LogP contribution in [0.3, 0.4) is 0 Å². The number of nitrogens with zero attached hydrogens (tertiary/aromatic N) is 4. The molecule has 0 aliphatic carbocycles. The van der Waals surface area contributed by atoms with Crippen molar-refractivity contribution >= 4 is 22.5 Å². The number of hydrogen-bond acceptors (Lipinski definition) is 6. The first-order chi connectivity index (χ1) is 14.8. The third-order valence-electron chi connectivity index (χ3n) is 4.53. The van der Waals surface area contributed by atoms with E-state index in [1.54, 1.807) is 42.2 Å². The number of aromatic nitrogens is 4. The summed E-state index contributed by atoms with van der Waals surface area (Å²) in [5.41, 5.74) is 0.819. The summed E-state index contributed by atoms with van der Waals surface area (Å²) < 4.78 is 46.5. The molecule has 0 unspecified atom stereocenters. The van der Waals surface area contributed by atoms with E-state index in [4.69, 9.17) is 4.74 Å². The number of aliphatic hydroxyl groups excluding tert-OH is 1. The molecule has 0 radical (unpaired) electrons. The summed E-state index contributed by atoms with van der Waals surface area (Å²) in [6, 6.07) is 11.0. The van der Waals surface area contributed by atoms with E-state index in [9.17, 15) is 18.3 Å². The zero-order valence-corrected chi connectivity index (χ0v) is 16.4. The summed E-state index contributed by atoms with van der Waals surface area (Å²) in [5.74, 6) is 1.32. The Morgan fingerprint density at radius 2 is 1.90 bits per heavy atom. The number of benzene rings is 2. The van der Waals surface area contributed by atoms with Crippen LogP contribution in [0.5, 0.6) is 11.5 Å². The van der Waals surface area contributed by atoms with Gasteiger partial charge in [0.15, 0.2) is 5.82 Å². The van der Waals surface area contributed by atoms with E-state index in [1.807, 2.05) is 0 Å². The zero-order chi connectivity index (χ0) is 22.0. The van der Waals surface area contributed by atoms with Gasteiger partial charge in [0, 0.05) is 35.8 Å². The second-order valence-electron chi connectivity index (χ2n) is 6.86. The fourth-order valence-corrected chi connectivity index (χ4v) is 3.17. The molecule has 0 aliphatic heterocycles. The molecule has 0 atom stereocenters. The molecular weight excluding hydrogens is 411 g/mol. The standard InChI is InChI=1S/C21H18F3N5O2/c1-29-8-7-18(28-29)27-20-16-9-15(5-6-17(16)25-12-26-20)31-19-13(10-21(22,23)24)3-2-4-14(19)11-30/h2-9,12,30H,10-11H2,1H3,(H,25,26,27,28). The lowest BCUT2D eigenvalue weighted by Crippen LogP contribution is -2.13. The highest BCUT2D eigenvalue weighted by Crippen LogP contribution is 2.35. The lowest BCUT2D eigenvalue weighted by Gasteiger charge is -2.16. The molecule has 2 heterocycles. The van der Waals surface area contributed by atoms with Crippen molar-refractivity contribution < 1.29 is 23.0 Å². The molecule has 4 rings (SSSR count). The highest BCUT2D eigenvalue weighted by Gasteiger charge is 2.30. The number of aryl methyl sites for hydroxylation is 1. The normalized spacial score (nSPS) is 11.6. The predicted molar refractivity (Wildman–Crippen MR) is 108 cm³/mol.